The molecule has 3 rings (SSSR count). The van der Waals surface area contributed by atoms with E-state index in [0.29, 0.717) is 11.4 Å². The van der Waals surface area contributed by atoms with E-state index in [1.807, 2.05) is 0 Å². The molecule has 0 aliphatic carbocycles. The number of nitrogens with zero attached hydrogens (tertiary/aromatic N) is 3. The number of nitrogens with two attached hydrogens (primary N) is 1. The highest BCUT2D eigenvalue weighted by atomic mass is 19.4. The molecule has 0 bridgehead atoms. The summed E-state index contributed by atoms with van der Waals surface area (Å²) in [5, 5.41) is 7.74. The van der Waals surface area contributed by atoms with Crippen molar-refractivity contribution < 1.29 is 27.2 Å². The molecule has 1 aliphatic heterocycles. The number of primary amides is 1. The number of benzene rings is 2. The number of hydrogen-bond donors (Lipinski definition) is 2. The number of hydrogen-bond acceptors (Lipinski definition) is 5. The molecule has 0 saturated carbocycles. The van der Waals surface area contributed by atoms with Gasteiger partial charge in [0.05, 0.1) is 22.6 Å². The summed E-state index contributed by atoms with van der Waals surface area (Å²) >= 11 is 0. The van der Waals surface area contributed by atoms with Crippen LogP contribution in [-0.4, -0.2) is 37.7 Å². The number of hydrazone groups is 1. The van der Waals surface area contributed by atoms with E-state index in [4.69, 9.17) is 5.73 Å². The molecule has 0 spiro atoms. The van der Waals surface area contributed by atoms with Crippen LogP contribution in [0.15, 0.2) is 47.6 Å². The summed E-state index contributed by atoms with van der Waals surface area (Å²) < 4.78 is 52.5. The molecule has 0 fully saturated rings. The van der Waals surface area contributed by atoms with Gasteiger partial charge in [0.1, 0.15) is 17.6 Å². The first-order valence-electron chi connectivity index (χ1n) is 9.09. The molecule has 0 radical (unpaired) electrons. The Labute approximate surface area is 175 Å². The Morgan fingerprint density at radius 1 is 1.16 bits per heavy atom. The molecule has 1 heterocycles. The average Bonchev–Trinajstić information content (AvgIpc) is 3.13. The van der Waals surface area contributed by atoms with Crippen molar-refractivity contribution >= 4 is 34.6 Å². The number of carbonyl (C=O) groups excluding carboxylic acids is 2. The smallest absolute Gasteiger partial charge is 0.376 e. The number of rotatable bonds is 5. The summed E-state index contributed by atoms with van der Waals surface area (Å²) in [4.78, 5) is 26.2. The van der Waals surface area contributed by atoms with Crippen molar-refractivity contribution in [1.29, 1.82) is 0 Å². The van der Waals surface area contributed by atoms with Crippen molar-refractivity contribution in [3.8, 4) is 0 Å². The molecule has 31 heavy (non-hydrogen) atoms. The lowest BCUT2D eigenvalue weighted by molar-refractivity contribution is -0.137. The van der Waals surface area contributed by atoms with Crippen LogP contribution in [0.2, 0.25) is 0 Å². The third-order valence-corrected chi connectivity index (χ3v) is 4.65. The maximum absolute atomic E-state index is 13.2. The fraction of sp³-hybridized carbons (Fsp3) is 0.250. The number of anilines is 3. The van der Waals surface area contributed by atoms with Gasteiger partial charge in [0, 0.05) is 20.5 Å². The highest BCUT2D eigenvalue weighted by molar-refractivity contribution is 6.44. The summed E-state index contributed by atoms with van der Waals surface area (Å²) in [6, 6.07) is 7.04. The fourth-order valence-corrected chi connectivity index (χ4v) is 3.10. The molecular formula is C20H19F4N5O2. The quantitative estimate of drug-likeness (QED) is 0.704. The van der Waals surface area contributed by atoms with E-state index in [-0.39, 0.29) is 17.8 Å². The van der Waals surface area contributed by atoms with Gasteiger partial charge in [-0.05, 0) is 42.5 Å². The van der Waals surface area contributed by atoms with Gasteiger partial charge in [-0.25, -0.2) is 4.39 Å². The van der Waals surface area contributed by atoms with E-state index in [1.165, 1.54) is 23.2 Å². The van der Waals surface area contributed by atoms with Gasteiger partial charge in [0.2, 0.25) is 5.91 Å². The molecular weight excluding hydrogens is 418 g/mol. The van der Waals surface area contributed by atoms with Gasteiger partial charge in [-0.1, -0.05) is 0 Å². The molecule has 2 amide bonds. The van der Waals surface area contributed by atoms with Gasteiger partial charge in [0.15, 0.2) is 0 Å². The number of carbonyl (C=O) groups is 2. The van der Waals surface area contributed by atoms with Gasteiger partial charge in [-0.3, -0.25) is 14.6 Å². The molecule has 7 nitrogen and oxygen atoms in total. The number of nitrogens with one attached hydrogen (secondary N) is 1. The van der Waals surface area contributed by atoms with Crippen molar-refractivity contribution in [2.75, 3.05) is 29.3 Å². The van der Waals surface area contributed by atoms with E-state index in [1.54, 1.807) is 19.0 Å². The van der Waals surface area contributed by atoms with Crippen LogP contribution in [0.4, 0.5) is 34.6 Å². The Morgan fingerprint density at radius 3 is 2.35 bits per heavy atom. The van der Waals surface area contributed by atoms with E-state index in [0.717, 1.165) is 24.3 Å². The van der Waals surface area contributed by atoms with Gasteiger partial charge < -0.3 is 16.0 Å². The predicted molar refractivity (Wildman–Crippen MR) is 108 cm³/mol. The second-order valence-electron chi connectivity index (χ2n) is 7.07. The third-order valence-electron chi connectivity index (χ3n) is 4.65. The van der Waals surface area contributed by atoms with Crippen LogP contribution in [0.25, 0.3) is 0 Å². The Kier molecular flexibility index (Phi) is 5.87. The van der Waals surface area contributed by atoms with Crippen molar-refractivity contribution in [1.82, 2.24) is 0 Å². The summed E-state index contributed by atoms with van der Waals surface area (Å²) in [6.07, 6.45) is -4.75. The number of halogens is 4. The normalized spacial score (nSPS) is 16.1. The minimum absolute atomic E-state index is 0.0663. The lowest BCUT2D eigenvalue weighted by Gasteiger charge is -2.20. The monoisotopic (exact) mass is 437 g/mol. The van der Waals surface area contributed by atoms with E-state index in [2.05, 4.69) is 10.4 Å². The van der Waals surface area contributed by atoms with Crippen molar-refractivity contribution in [2.24, 2.45) is 10.8 Å². The minimum atomic E-state index is -4.59. The molecule has 164 valence electrons. The van der Waals surface area contributed by atoms with Crippen molar-refractivity contribution in [3.63, 3.8) is 0 Å². The van der Waals surface area contributed by atoms with E-state index < -0.39 is 35.4 Å². The highest BCUT2D eigenvalue weighted by Gasteiger charge is 2.36. The van der Waals surface area contributed by atoms with Gasteiger partial charge in [-0.15, -0.1) is 0 Å². The van der Waals surface area contributed by atoms with Crippen LogP contribution in [0.3, 0.4) is 0 Å². The fourth-order valence-electron chi connectivity index (χ4n) is 3.10. The summed E-state index contributed by atoms with van der Waals surface area (Å²) in [5.74, 6) is -2.04. The van der Waals surface area contributed by atoms with Crippen molar-refractivity contribution in [2.45, 2.75) is 18.6 Å². The lowest BCUT2D eigenvalue weighted by Crippen LogP contribution is -2.39. The standard InChI is InChI=1S/C20H19F4N5O2/c1-28(2)16-8-3-11(20(22,23)24)9-14(16)26-19(31)15-10-17(18(25)30)29(27-15)13-6-4-12(21)5-7-13/h3-9,17H,10H2,1-2H3,(H2,25,30)(H,26,31). The topological polar surface area (TPSA) is 91.0 Å². The SMILES string of the molecule is CN(C)c1ccc(C(F)(F)F)cc1NC(=O)C1=NN(c2ccc(F)cc2)C(C(N)=O)C1. The van der Waals surface area contributed by atoms with Crippen LogP contribution < -0.4 is 21.0 Å². The maximum Gasteiger partial charge on any atom is 0.416 e. The van der Waals surface area contributed by atoms with Crippen LogP contribution in [0.1, 0.15) is 12.0 Å². The molecule has 11 heteroatoms. The summed E-state index contributed by atoms with van der Waals surface area (Å²) in [7, 11) is 3.23. The van der Waals surface area contributed by atoms with Gasteiger partial charge in [-0.2, -0.15) is 18.3 Å². The summed E-state index contributed by atoms with van der Waals surface area (Å²) in [5.41, 5.74) is 5.00. The average molecular weight is 437 g/mol. The Hall–Kier alpha value is -3.63. The minimum Gasteiger partial charge on any atom is -0.376 e. The van der Waals surface area contributed by atoms with Crippen LogP contribution in [0.5, 0.6) is 0 Å². The second kappa shape index (κ2) is 8.25. The molecule has 0 saturated heterocycles. The first-order chi connectivity index (χ1) is 14.5. The highest BCUT2D eigenvalue weighted by Crippen LogP contribution is 2.35. The first kappa shape index (κ1) is 22.1. The molecule has 1 atom stereocenters. The molecule has 2 aromatic carbocycles. The third kappa shape index (κ3) is 4.76. The number of alkyl halides is 3. The van der Waals surface area contributed by atoms with Gasteiger partial charge in [0.25, 0.3) is 5.91 Å². The van der Waals surface area contributed by atoms with Crippen LogP contribution >= 0.6 is 0 Å². The molecule has 0 aromatic heterocycles. The molecule has 3 N–H and O–H groups in total. The molecule has 1 unspecified atom stereocenters. The Balaban J connectivity index is 1.91. The van der Waals surface area contributed by atoms with E-state index >= 15 is 0 Å². The summed E-state index contributed by atoms with van der Waals surface area (Å²) in [6.45, 7) is 0. The lowest BCUT2D eigenvalue weighted by atomic mass is 10.1. The molecule has 2 aromatic rings. The number of amides is 2. The van der Waals surface area contributed by atoms with E-state index in [9.17, 15) is 27.2 Å². The molecule has 1 aliphatic rings. The zero-order valence-electron chi connectivity index (χ0n) is 16.6. The zero-order valence-corrected chi connectivity index (χ0v) is 16.6. The Bertz CT molecular complexity index is 1030. The second-order valence-corrected chi connectivity index (χ2v) is 7.07. The maximum atomic E-state index is 13.2. The zero-order chi connectivity index (χ0) is 22.9. The largest absolute Gasteiger partial charge is 0.416 e. The Morgan fingerprint density at radius 2 is 1.81 bits per heavy atom. The first-order valence-corrected chi connectivity index (χ1v) is 9.09. The van der Waals surface area contributed by atoms with Gasteiger partial charge >= 0.3 is 6.18 Å². The van der Waals surface area contributed by atoms with Crippen LogP contribution in [0, 0.1) is 5.82 Å². The van der Waals surface area contributed by atoms with Crippen LogP contribution in [-0.2, 0) is 15.8 Å². The predicted octanol–water partition coefficient (Wildman–Crippen LogP) is 2.97. The van der Waals surface area contributed by atoms with Crippen molar-refractivity contribution in [3.05, 3.63) is 53.8 Å².